The van der Waals surface area contributed by atoms with Gasteiger partial charge in [0.05, 0.1) is 0 Å². The standard InChI is InChI=1S/C54H80O2S2/c1-47(2,3)39-17-37(45(55)41(19-39)53-25-35-21-49(7,31-53)29-50(8,22-35)32-53)27-57-43-15-13-11-12-14-16-44(43)58-28-38-18-40(48(4,5)6)20-42(46(38)56)54-26-36-23-51(9,33-54)30-52(10,24-36)34-54/h17-20,35-36,43-44,55-56H,11-16,21-34H2,1-10H3/t35?,36?,43-,44?,49?,50?,51?,52?,53?,54?/m0/s1. The molecule has 2 nitrogen and oxygen atoms in total. The maximum Gasteiger partial charge on any atom is 0.123 e. The van der Waals surface area contributed by atoms with Gasteiger partial charge in [0.25, 0.3) is 0 Å². The third-order valence-corrected chi connectivity index (χ3v) is 20.7. The van der Waals surface area contributed by atoms with E-state index < -0.39 is 0 Å². The van der Waals surface area contributed by atoms with E-state index in [-0.39, 0.29) is 21.7 Å². The van der Waals surface area contributed by atoms with E-state index in [0.29, 0.717) is 43.7 Å². The zero-order valence-corrected chi connectivity index (χ0v) is 40.1. The smallest absolute Gasteiger partial charge is 0.123 e. The summed E-state index contributed by atoms with van der Waals surface area (Å²) in [5.41, 5.74) is 9.68. The van der Waals surface area contributed by atoms with Crippen LogP contribution >= 0.6 is 23.5 Å². The number of aromatic hydroxyl groups is 2. The van der Waals surface area contributed by atoms with Crippen LogP contribution in [0.1, 0.15) is 218 Å². The molecule has 9 fully saturated rings. The van der Waals surface area contributed by atoms with Gasteiger partial charge in [0.15, 0.2) is 0 Å². The van der Waals surface area contributed by atoms with Gasteiger partial charge in [0, 0.05) is 55.1 Å². The maximum atomic E-state index is 12.5. The first kappa shape index (κ1) is 42.1. The fraction of sp³-hybridized carbons (Fsp3) is 0.778. The van der Waals surface area contributed by atoms with Crippen LogP contribution in [0.2, 0.25) is 0 Å². The fourth-order valence-corrected chi connectivity index (χ4v) is 20.0. The highest BCUT2D eigenvalue weighted by atomic mass is 32.2. The summed E-state index contributed by atoms with van der Waals surface area (Å²) in [4.78, 5) is 0. The van der Waals surface area contributed by atoms with Gasteiger partial charge < -0.3 is 10.2 Å². The summed E-state index contributed by atoms with van der Waals surface area (Å²) in [6, 6.07) is 9.72. The highest BCUT2D eigenvalue weighted by Gasteiger charge is 2.62. The third-order valence-electron chi connectivity index (χ3n) is 17.6. The quantitative estimate of drug-likeness (QED) is 0.278. The molecule has 5 unspecified atom stereocenters. The van der Waals surface area contributed by atoms with Gasteiger partial charge in [-0.3, -0.25) is 0 Å². The molecule has 2 aromatic carbocycles. The van der Waals surface area contributed by atoms with Gasteiger partial charge in [0.2, 0.25) is 0 Å². The largest absolute Gasteiger partial charge is 0.507 e. The van der Waals surface area contributed by atoms with E-state index in [1.54, 1.807) is 0 Å². The van der Waals surface area contributed by atoms with E-state index in [4.69, 9.17) is 0 Å². The lowest BCUT2D eigenvalue weighted by atomic mass is 9.39. The number of phenolic OH excluding ortho intramolecular Hbond substituents is 2. The van der Waals surface area contributed by atoms with E-state index in [9.17, 15) is 10.2 Å². The second-order valence-electron chi connectivity index (χ2n) is 26.1. The van der Waals surface area contributed by atoms with Gasteiger partial charge in [0.1, 0.15) is 11.5 Å². The lowest BCUT2D eigenvalue weighted by Gasteiger charge is -2.65. The Labute approximate surface area is 363 Å². The molecule has 0 aliphatic heterocycles. The Hall–Kier alpha value is -1.26. The van der Waals surface area contributed by atoms with Crippen LogP contribution in [0, 0.1) is 33.5 Å². The summed E-state index contributed by atoms with van der Waals surface area (Å²) in [6.45, 7) is 24.5. The molecule has 320 valence electrons. The van der Waals surface area contributed by atoms with Crippen LogP contribution in [-0.2, 0) is 33.2 Å². The summed E-state index contributed by atoms with van der Waals surface area (Å²) in [7, 11) is 0. The lowest BCUT2D eigenvalue weighted by Crippen LogP contribution is -2.56. The predicted octanol–water partition coefficient (Wildman–Crippen LogP) is 15.4. The van der Waals surface area contributed by atoms with Gasteiger partial charge >= 0.3 is 0 Å². The molecule has 6 atom stereocenters. The second-order valence-corrected chi connectivity index (χ2v) is 28.5. The monoisotopic (exact) mass is 825 g/mol. The van der Waals surface area contributed by atoms with Crippen molar-refractivity contribution in [3.8, 4) is 11.5 Å². The Morgan fingerprint density at radius 1 is 0.500 bits per heavy atom. The third kappa shape index (κ3) is 7.65. The average Bonchev–Trinajstić information content (AvgIpc) is 3.04. The fourth-order valence-electron chi connectivity index (χ4n) is 17.0. The predicted molar refractivity (Wildman–Crippen MR) is 250 cm³/mol. The molecule has 4 heteroatoms. The lowest BCUT2D eigenvalue weighted by molar-refractivity contribution is -0.110. The molecule has 0 radical (unpaired) electrons. The van der Waals surface area contributed by atoms with Gasteiger partial charge in [-0.05, 0) is 145 Å². The molecule has 58 heavy (non-hydrogen) atoms. The van der Waals surface area contributed by atoms with Crippen molar-refractivity contribution in [2.45, 2.75) is 228 Å². The van der Waals surface area contributed by atoms with Gasteiger partial charge in [-0.15, -0.1) is 0 Å². The number of hydrogen-bond donors (Lipinski definition) is 2. The molecular weight excluding hydrogens is 745 g/mol. The van der Waals surface area contributed by atoms with Crippen molar-refractivity contribution in [3.05, 3.63) is 57.6 Å². The Morgan fingerprint density at radius 2 is 0.845 bits per heavy atom. The van der Waals surface area contributed by atoms with Crippen molar-refractivity contribution in [2.75, 3.05) is 0 Å². The van der Waals surface area contributed by atoms with Crippen molar-refractivity contribution in [3.63, 3.8) is 0 Å². The normalized spacial score (nSPS) is 40.9. The van der Waals surface area contributed by atoms with Crippen LogP contribution in [-0.4, -0.2) is 20.7 Å². The molecule has 11 rings (SSSR count). The Kier molecular flexibility index (Phi) is 10.2. The number of benzene rings is 2. The molecule has 0 amide bonds. The topological polar surface area (TPSA) is 40.5 Å². The number of rotatable bonds is 8. The zero-order chi connectivity index (χ0) is 41.3. The summed E-state index contributed by atoms with van der Waals surface area (Å²) in [5, 5.41) is 26.0. The minimum Gasteiger partial charge on any atom is -0.507 e. The molecule has 0 aromatic heterocycles. The van der Waals surface area contributed by atoms with Crippen LogP contribution in [0.4, 0.5) is 0 Å². The first-order valence-electron chi connectivity index (χ1n) is 24.0. The van der Waals surface area contributed by atoms with Crippen molar-refractivity contribution in [1.82, 2.24) is 0 Å². The van der Waals surface area contributed by atoms with Crippen molar-refractivity contribution < 1.29 is 10.2 Å². The van der Waals surface area contributed by atoms with E-state index >= 15 is 0 Å². The maximum absolute atomic E-state index is 12.5. The number of phenols is 2. The first-order chi connectivity index (χ1) is 27.0. The Balaban J connectivity index is 0.996. The van der Waals surface area contributed by atoms with Gasteiger partial charge in [-0.1, -0.05) is 119 Å². The molecule has 2 aromatic rings. The Bertz CT molecular complexity index is 1740. The minimum atomic E-state index is 0.0324. The molecule has 9 aliphatic rings. The van der Waals surface area contributed by atoms with E-state index in [1.165, 1.54) is 149 Å². The summed E-state index contributed by atoms with van der Waals surface area (Å²) in [6.07, 6.45) is 23.5. The average molecular weight is 825 g/mol. The van der Waals surface area contributed by atoms with Crippen LogP contribution in [0.3, 0.4) is 0 Å². The minimum absolute atomic E-state index is 0.0324. The van der Waals surface area contributed by atoms with Crippen LogP contribution in [0.15, 0.2) is 24.3 Å². The van der Waals surface area contributed by atoms with Crippen molar-refractivity contribution in [2.24, 2.45) is 33.5 Å². The highest BCUT2D eigenvalue weighted by Crippen LogP contribution is 2.72. The number of thioether (sulfide) groups is 2. The van der Waals surface area contributed by atoms with E-state index in [1.807, 2.05) is 0 Å². The first-order valence-corrected chi connectivity index (χ1v) is 26.1. The molecule has 9 saturated carbocycles. The highest BCUT2D eigenvalue weighted by molar-refractivity contribution is 8.03. The molecule has 8 bridgehead atoms. The summed E-state index contributed by atoms with van der Waals surface area (Å²) in [5.74, 6) is 4.63. The molecule has 0 saturated heterocycles. The summed E-state index contributed by atoms with van der Waals surface area (Å²) >= 11 is 4.29. The summed E-state index contributed by atoms with van der Waals surface area (Å²) < 4.78 is 0. The SMILES string of the molecule is CC12CC3CC(C)(C1)CC(c1cc(C(C)(C)C)cc(CSC4CCCCCC[C@@H]4SCc4cc(C(C)(C)C)cc(C56CC7CC(C)(CC(C)(C7)C5)C6)c4O)c1O)(C3)C2. The van der Waals surface area contributed by atoms with E-state index in [2.05, 4.69) is 117 Å². The van der Waals surface area contributed by atoms with Crippen LogP contribution in [0.25, 0.3) is 0 Å². The van der Waals surface area contributed by atoms with Crippen LogP contribution in [0.5, 0.6) is 11.5 Å². The Morgan fingerprint density at radius 3 is 1.16 bits per heavy atom. The van der Waals surface area contributed by atoms with E-state index in [0.717, 1.165) is 23.3 Å². The van der Waals surface area contributed by atoms with Gasteiger partial charge in [-0.25, -0.2) is 0 Å². The van der Waals surface area contributed by atoms with Crippen molar-refractivity contribution >= 4 is 23.5 Å². The zero-order valence-electron chi connectivity index (χ0n) is 38.5. The van der Waals surface area contributed by atoms with Crippen molar-refractivity contribution in [1.29, 1.82) is 0 Å². The molecule has 0 spiro atoms. The molecule has 0 heterocycles. The van der Waals surface area contributed by atoms with Gasteiger partial charge in [-0.2, -0.15) is 23.5 Å². The second kappa shape index (κ2) is 14.1. The number of hydrogen-bond acceptors (Lipinski definition) is 4. The molecule has 2 N–H and O–H groups in total. The van der Waals surface area contributed by atoms with Crippen LogP contribution < -0.4 is 0 Å². The molecular formula is C54H80O2S2. The molecule has 9 aliphatic carbocycles.